The van der Waals surface area contributed by atoms with Crippen molar-refractivity contribution in [1.82, 2.24) is 0 Å². The summed E-state index contributed by atoms with van der Waals surface area (Å²) in [6, 6.07) is 4.19. The molecule has 0 fully saturated rings. The summed E-state index contributed by atoms with van der Waals surface area (Å²) < 4.78 is 1.25. The van der Waals surface area contributed by atoms with E-state index in [4.69, 9.17) is 0 Å². The van der Waals surface area contributed by atoms with Gasteiger partial charge in [0, 0.05) is 0 Å². The van der Waals surface area contributed by atoms with Gasteiger partial charge in [-0.05, 0) is 0 Å². The van der Waals surface area contributed by atoms with E-state index >= 15 is 0 Å². The molecule has 0 spiro atoms. The molecular weight excluding hydrogens is 215 g/mol. The molecule has 0 aromatic heterocycles. The standard InChI is InChI=1S/C10H12OSe/c1-6-3-4-8-7(2)5-12-10(8)9(6)11/h3-4,7,11H,5H2,1-2H3. The molecule has 0 aliphatic carbocycles. The first-order valence-electron chi connectivity index (χ1n) is 4.15. The molecule has 12 heavy (non-hydrogen) atoms. The number of benzene rings is 1. The Morgan fingerprint density at radius 3 is 3.00 bits per heavy atom. The summed E-state index contributed by atoms with van der Waals surface area (Å²) in [5, 5.41) is 11.0. The number of aromatic hydroxyl groups is 1. The van der Waals surface area contributed by atoms with Crippen molar-refractivity contribution in [3.8, 4) is 5.75 Å². The monoisotopic (exact) mass is 228 g/mol. The van der Waals surface area contributed by atoms with Crippen molar-refractivity contribution >= 4 is 19.4 Å². The van der Waals surface area contributed by atoms with Crippen molar-refractivity contribution in [1.29, 1.82) is 0 Å². The molecule has 1 atom stereocenters. The summed E-state index contributed by atoms with van der Waals surface area (Å²) in [6.45, 7) is 4.21. The van der Waals surface area contributed by atoms with Gasteiger partial charge in [-0.3, -0.25) is 0 Å². The van der Waals surface area contributed by atoms with Crippen molar-refractivity contribution in [3.05, 3.63) is 23.3 Å². The number of hydrogen-bond acceptors (Lipinski definition) is 1. The third kappa shape index (κ3) is 1.07. The van der Waals surface area contributed by atoms with E-state index in [1.54, 1.807) is 0 Å². The summed E-state index contributed by atoms with van der Waals surface area (Å²) >= 11 is 0.505. The second-order valence-corrected chi connectivity index (χ2v) is 5.52. The van der Waals surface area contributed by atoms with Crippen LogP contribution >= 0.6 is 0 Å². The number of rotatable bonds is 0. The molecule has 0 amide bonds. The molecule has 2 heteroatoms. The van der Waals surface area contributed by atoms with E-state index in [1.165, 1.54) is 15.3 Å². The molecule has 1 aliphatic rings. The number of aryl methyl sites for hydroxylation is 1. The quantitative estimate of drug-likeness (QED) is 0.667. The molecule has 1 nitrogen and oxygen atoms in total. The van der Waals surface area contributed by atoms with Crippen molar-refractivity contribution in [2.45, 2.75) is 25.1 Å². The normalized spacial score (nSPS) is 21.0. The van der Waals surface area contributed by atoms with E-state index in [-0.39, 0.29) is 0 Å². The van der Waals surface area contributed by atoms with E-state index < -0.39 is 0 Å². The van der Waals surface area contributed by atoms with E-state index in [9.17, 15) is 5.11 Å². The molecule has 2 rings (SSSR count). The van der Waals surface area contributed by atoms with E-state index in [0.29, 0.717) is 26.6 Å². The summed E-state index contributed by atoms with van der Waals surface area (Å²) in [5.74, 6) is 1.21. The third-order valence-electron chi connectivity index (χ3n) is 2.37. The van der Waals surface area contributed by atoms with Crippen LogP contribution in [0, 0.1) is 6.92 Å². The summed E-state index contributed by atoms with van der Waals surface area (Å²) in [6.07, 6.45) is 0. The van der Waals surface area contributed by atoms with E-state index in [1.807, 2.05) is 13.0 Å². The van der Waals surface area contributed by atoms with Gasteiger partial charge in [0.1, 0.15) is 0 Å². The Bertz CT molecular complexity index is 320. The first-order valence-corrected chi connectivity index (χ1v) is 6.22. The fourth-order valence-electron chi connectivity index (χ4n) is 1.52. The predicted octanol–water partition coefficient (Wildman–Crippen LogP) is 1.57. The minimum atomic E-state index is 0.505. The topological polar surface area (TPSA) is 20.2 Å². The summed E-state index contributed by atoms with van der Waals surface area (Å²) in [7, 11) is 0. The van der Waals surface area contributed by atoms with Crippen LogP contribution < -0.4 is 4.46 Å². The maximum atomic E-state index is 9.75. The van der Waals surface area contributed by atoms with E-state index in [2.05, 4.69) is 13.0 Å². The molecule has 1 aromatic carbocycles. The van der Waals surface area contributed by atoms with Crippen LogP contribution in [0.15, 0.2) is 12.1 Å². The molecule has 1 heterocycles. The maximum absolute atomic E-state index is 9.75. The molecule has 0 bridgehead atoms. The van der Waals surface area contributed by atoms with Crippen LogP contribution in [0.3, 0.4) is 0 Å². The van der Waals surface area contributed by atoms with Crippen molar-refractivity contribution in [3.63, 3.8) is 0 Å². The molecule has 1 aliphatic heterocycles. The zero-order valence-electron chi connectivity index (χ0n) is 7.29. The van der Waals surface area contributed by atoms with Gasteiger partial charge in [-0.15, -0.1) is 0 Å². The SMILES string of the molecule is Cc1ccc2c(c1O)[Se]CC2C. The first-order chi connectivity index (χ1) is 5.70. The van der Waals surface area contributed by atoms with Gasteiger partial charge in [-0.1, -0.05) is 0 Å². The van der Waals surface area contributed by atoms with Crippen LogP contribution in [0.4, 0.5) is 0 Å². The number of fused-ring (bicyclic) bond motifs is 1. The third-order valence-corrected chi connectivity index (χ3v) is 5.28. The molecule has 1 N–H and O–H groups in total. The molecule has 1 aromatic rings. The Balaban J connectivity index is 2.60. The van der Waals surface area contributed by atoms with Gasteiger partial charge < -0.3 is 0 Å². The van der Waals surface area contributed by atoms with Crippen LogP contribution in [0.25, 0.3) is 0 Å². The van der Waals surface area contributed by atoms with Crippen molar-refractivity contribution in [2.24, 2.45) is 0 Å². The zero-order valence-corrected chi connectivity index (χ0v) is 9.01. The van der Waals surface area contributed by atoms with Crippen LogP contribution in [0.5, 0.6) is 5.75 Å². The molecule has 1 unspecified atom stereocenters. The van der Waals surface area contributed by atoms with Crippen LogP contribution in [-0.2, 0) is 0 Å². The van der Waals surface area contributed by atoms with Gasteiger partial charge >= 0.3 is 78.6 Å². The summed E-state index contributed by atoms with van der Waals surface area (Å²) in [5.41, 5.74) is 2.39. The molecule has 0 saturated heterocycles. The average molecular weight is 227 g/mol. The first kappa shape index (κ1) is 8.15. The molecule has 0 radical (unpaired) electrons. The Kier molecular flexibility index (Phi) is 1.90. The van der Waals surface area contributed by atoms with Gasteiger partial charge in [-0.2, -0.15) is 0 Å². The second kappa shape index (κ2) is 2.79. The Morgan fingerprint density at radius 2 is 2.25 bits per heavy atom. The van der Waals surface area contributed by atoms with Gasteiger partial charge in [0.05, 0.1) is 0 Å². The van der Waals surface area contributed by atoms with Crippen molar-refractivity contribution in [2.75, 3.05) is 0 Å². The molecule has 64 valence electrons. The van der Waals surface area contributed by atoms with Gasteiger partial charge in [0.2, 0.25) is 0 Å². The van der Waals surface area contributed by atoms with Crippen LogP contribution in [0.1, 0.15) is 24.0 Å². The Labute approximate surface area is 79.0 Å². The Hall–Kier alpha value is -0.461. The van der Waals surface area contributed by atoms with Crippen molar-refractivity contribution < 1.29 is 5.11 Å². The van der Waals surface area contributed by atoms with Crippen LogP contribution in [0.2, 0.25) is 5.32 Å². The fraction of sp³-hybridized carbons (Fsp3) is 0.400. The predicted molar refractivity (Wildman–Crippen MR) is 51.5 cm³/mol. The Morgan fingerprint density at radius 1 is 1.50 bits per heavy atom. The molecular formula is C10H12OSe. The average Bonchev–Trinajstić information content (AvgIpc) is 2.41. The molecule has 0 saturated carbocycles. The van der Waals surface area contributed by atoms with Gasteiger partial charge in [0.15, 0.2) is 0 Å². The number of hydrogen-bond donors (Lipinski definition) is 1. The van der Waals surface area contributed by atoms with E-state index in [0.717, 1.165) is 5.56 Å². The number of phenolic OH excluding ortho intramolecular Hbond substituents is 1. The fourth-order valence-corrected chi connectivity index (χ4v) is 4.31. The second-order valence-electron chi connectivity index (χ2n) is 3.36. The van der Waals surface area contributed by atoms with Gasteiger partial charge in [-0.25, -0.2) is 0 Å². The number of phenols is 1. The zero-order chi connectivity index (χ0) is 8.72. The minimum absolute atomic E-state index is 0.505. The van der Waals surface area contributed by atoms with Gasteiger partial charge in [0.25, 0.3) is 0 Å². The summed E-state index contributed by atoms with van der Waals surface area (Å²) in [4.78, 5) is 0. The van der Waals surface area contributed by atoms with Crippen LogP contribution in [-0.4, -0.2) is 20.1 Å².